The number of para-hydroxylation sites is 1. The summed E-state index contributed by atoms with van der Waals surface area (Å²) in [4.78, 5) is 17.5. The highest BCUT2D eigenvalue weighted by Gasteiger charge is 2.15. The highest BCUT2D eigenvalue weighted by Crippen LogP contribution is 2.26. The van der Waals surface area contributed by atoms with Gasteiger partial charge in [-0.05, 0) is 42.0 Å². The van der Waals surface area contributed by atoms with Crippen molar-refractivity contribution >= 4 is 40.0 Å². The van der Waals surface area contributed by atoms with Gasteiger partial charge >= 0.3 is 0 Å². The van der Waals surface area contributed by atoms with Gasteiger partial charge in [-0.3, -0.25) is 4.79 Å². The van der Waals surface area contributed by atoms with Crippen LogP contribution in [0.1, 0.15) is 15.9 Å². The van der Waals surface area contributed by atoms with E-state index < -0.39 is 0 Å². The van der Waals surface area contributed by atoms with Crippen LogP contribution in [0.25, 0.3) is 22.4 Å². The number of furan rings is 1. The van der Waals surface area contributed by atoms with Crippen molar-refractivity contribution in [3.8, 4) is 11.5 Å². The van der Waals surface area contributed by atoms with E-state index in [4.69, 9.17) is 27.6 Å². The molecule has 27 heavy (non-hydrogen) atoms. The number of pyridine rings is 1. The molecule has 1 amide bonds. The van der Waals surface area contributed by atoms with E-state index >= 15 is 0 Å². The maximum absolute atomic E-state index is 12.9. The molecule has 0 saturated carbocycles. The van der Waals surface area contributed by atoms with Crippen LogP contribution in [0.3, 0.4) is 0 Å². The maximum atomic E-state index is 12.9. The second kappa shape index (κ2) is 7.43. The minimum atomic E-state index is -0.201. The molecule has 1 N–H and O–H groups in total. The van der Waals surface area contributed by atoms with Crippen LogP contribution in [-0.4, -0.2) is 10.9 Å². The predicted molar refractivity (Wildman–Crippen MR) is 107 cm³/mol. The SMILES string of the molecule is O=C(NCc1ccc(Cl)c(Cl)c1)c1cc(-c2ccco2)nc2ccccc12. The summed E-state index contributed by atoms with van der Waals surface area (Å²) in [5.74, 6) is 0.409. The zero-order chi connectivity index (χ0) is 18.8. The number of nitrogens with one attached hydrogen (secondary N) is 1. The first kappa shape index (κ1) is 17.6. The van der Waals surface area contributed by atoms with Gasteiger partial charge in [-0.1, -0.05) is 47.5 Å². The van der Waals surface area contributed by atoms with Gasteiger partial charge in [-0.2, -0.15) is 0 Å². The van der Waals surface area contributed by atoms with Gasteiger partial charge in [0, 0.05) is 11.9 Å². The molecule has 0 saturated heterocycles. The molecule has 0 atom stereocenters. The van der Waals surface area contributed by atoms with Crippen LogP contribution < -0.4 is 5.32 Å². The number of carbonyl (C=O) groups excluding carboxylic acids is 1. The van der Waals surface area contributed by atoms with Crippen LogP contribution in [0.5, 0.6) is 0 Å². The molecule has 2 aromatic heterocycles. The Kier molecular flexibility index (Phi) is 4.84. The first-order valence-corrected chi connectivity index (χ1v) is 9.03. The fourth-order valence-electron chi connectivity index (χ4n) is 2.84. The summed E-state index contributed by atoms with van der Waals surface area (Å²) in [6, 6.07) is 18.1. The van der Waals surface area contributed by atoms with Crippen molar-refractivity contribution in [2.24, 2.45) is 0 Å². The Labute approximate surface area is 165 Å². The summed E-state index contributed by atoms with van der Waals surface area (Å²) in [7, 11) is 0. The van der Waals surface area contributed by atoms with Gasteiger partial charge in [0.2, 0.25) is 0 Å². The fourth-order valence-corrected chi connectivity index (χ4v) is 3.16. The van der Waals surface area contributed by atoms with Crippen molar-refractivity contribution in [1.29, 1.82) is 0 Å². The summed E-state index contributed by atoms with van der Waals surface area (Å²) in [5.41, 5.74) is 2.74. The lowest BCUT2D eigenvalue weighted by atomic mass is 10.1. The standard InChI is InChI=1S/C21H14Cl2N2O2/c22-16-8-7-13(10-17(16)23)12-24-21(26)15-11-19(20-6-3-9-27-20)25-18-5-2-1-4-14(15)18/h1-11H,12H2,(H,24,26). The van der Waals surface area contributed by atoms with Crippen molar-refractivity contribution in [1.82, 2.24) is 10.3 Å². The molecule has 0 bridgehead atoms. The number of nitrogens with zero attached hydrogens (tertiary/aromatic N) is 1. The number of carbonyl (C=O) groups is 1. The Balaban J connectivity index is 1.67. The monoisotopic (exact) mass is 396 g/mol. The minimum Gasteiger partial charge on any atom is -0.463 e. The molecule has 0 unspecified atom stereocenters. The van der Waals surface area contributed by atoms with Crippen LogP contribution >= 0.6 is 23.2 Å². The molecule has 0 spiro atoms. The largest absolute Gasteiger partial charge is 0.463 e. The molecule has 0 fully saturated rings. The van der Waals surface area contributed by atoms with E-state index in [1.165, 1.54) is 0 Å². The molecular weight excluding hydrogens is 383 g/mol. The van der Waals surface area contributed by atoms with Crippen LogP contribution in [0.2, 0.25) is 10.0 Å². The van der Waals surface area contributed by atoms with Crippen LogP contribution in [0.4, 0.5) is 0 Å². The van der Waals surface area contributed by atoms with Crippen molar-refractivity contribution in [3.63, 3.8) is 0 Å². The minimum absolute atomic E-state index is 0.201. The normalized spacial score (nSPS) is 10.9. The smallest absolute Gasteiger partial charge is 0.252 e. The Bertz CT molecular complexity index is 1120. The Morgan fingerprint density at radius 2 is 1.85 bits per heavy atom. The number of fused-ring (bicyclic) bond motifs is 1. The second-order valence-corrected chi connectivity index (χ2v) is 6.80. The number of benzene rings is 2. The third-order valence-electron chi connectivity index (χ3n) is 4.17. The van der Waals surface area contributed by atoms with Gasteiger partial charge in [0.25, 0.3) is 5.91 Å². The Morgan fingerprint density at radius 1 is 1.00 bits per heavy atom. The van der Waals surface area contributed by atoms with E-state index in [0.717, 1.165) is 16.5 Å². The van der Waals surface area contributed by atoms with Crippen LogP contribution in [0.15, 0.2) is 71.3 Å². The van der Waals surface area contributed by atoms with Gasteiger partial charge in [-0.25, -0.2) is 4.98 Å². The third-order valence-corrected chi connectivity index (χ3v) is 4.91. The van der Waals surface area contributed by atoms with Gasteiger partial charge in [-0.15, -0.1) is 0 Å². The molecule has 0 aliphatic heterocycles. The van der Waals surface area contributed by atoms with E-state index in [9.17, 15) is 4.79 Å². The average Bonchev–Trinajstić information content (AvgIpc) is 3.22. The average molecular weight is 397 g/mol. The lowest BCUT2D eigenvalue weighted by Gasteiger charge is -2.10. The molecule has 4 aromatic rings. The molecule has 2 heterocycles. The lowest BCUT2D eigenvalue weighted by molar-refractivity contribution is 0.0952. The summed E-state index contributed by atoms with van der Waals surface area (Å²) < 4.78 is 5.44. The van der Waals surface area contributed by atoms with Crippen LogP contribution in [-0.2, 0) is 6.54 Å². The highest BCUT2D eigenvalue weighted by molar-refractivity contribution is 6.42. The van der Waals surface area contributed by atoms with E-state index in [0.29, 0.717) is 33.6 Å². The Morgan fingerprint density at radius 3 is 2.63 bits per heavy atom. The van der Waals surface area contributed by atoms with Gasteiger partial charge in [0.1, 0.15) is 5.69 Å². The molecule has 2 aromatic carbocycles. The molecule has 0 aliphatic rings. The second-order valence-electron chi connectivity index (χ2n) is 5.98. The summed E-state index contributed by atoms with van der Waals surface area (Å²) in [6.07, 6.45) is 1.58. The zero-order valence-corrected chi connectivity index (χ0v) is 15.6. The summed E-state index contributed by atoms with van der Waals surface area (Å²) in [5, 5.41) is 4.64. The highest BCUT2D eigenvalue weighted by atomic mass is 35.5. The fraction of sp³-hybridized carbons (Fsp3) is 0.0476. The van der Waals surface area contributed by atoms with Gasteiger partial charge in [0.15, 0.2) is 5.76 Å². The maximum Gasteiger partial charge on any atom is 0.252 e. The number of amides is 1. The van der Waals surface area contributed by atoms with Gasteiger partial charge in [0.05, 0.1) is 27.4 Å². The number of halogens is 2. The first-order chi connectivity index (χ1) is 13.1. The summed E-state index contributed by atoms with van der Waals surface area (Å²) in [6.45, 7) is 0.336. The molecular formula is C21H14Cl2N2O2. The molecule has 6 heteroatoms. The van der Waals surface area contributed by atoms with Crippen molar-refractivity contribution < 1.29 is 9.21 Å². The Hall–Kier alpha value is -2.82. The predicted octanol–water partition coefficient (Wildman–Crippen LogP) is 5.73. The number of rotatable bonds is 4. The molecule has 4 nitrogen and oxygen atoms in total. The van der Waals surface area contributed by atoms with Crippen molar-refractivity contribution in [2.75, 3.05) is 0 Å². The number of hydrogen-bond acceptors (Lipinski definition) is 3. The summed E-state index contributed by atoms with van der Waals surface area (Å²) >= 11 is 12.0. The molecule has 0 radical (unpaired) electrons. The van der Waals surface area contributed by atoms with E-state index in [1.807, 2.05) is 36.4 Å². The van der Waals surface area contributed by atoms with Crippen LogP contribution in [0, 0.1) is 0 Å². The number of aromatic nitrogens is 1. The molecule has 134 valence electrons. The number of hydrogen-bond donors (Lipinski definition) is 1. The van der Waals surface area contributed by atoms with Crippen molar-refractivity contribution in [2.45, 2.75) is 6.54 Å². The van der Waals surface area contributed by atoms with Gasteiger partial charge < -0.3 is 9.73 Å². The first-order valence-electron chi connectivity index (χ1n) is 8.27. The van der Waals surface area contributed by atoms with E-state index in [2.05, 4.69) is 10.3 Å². The molecule has 0 aliphatic carbocycles. The van der Waals surface area contributed by atoms with E-state index in [-0.39, 0.29) is 5.91 Å². The molecule has 4 rings (SSSR count). The quantitative estimate of drug-likeness (QED) is 0.478. The topological polar surface area (TPSA) is 55.1 Å². The lowest BCUT2D eigenvalue weighted by Crippen LogP contribution is -2.23. The zero-order valence-electron chi connectivity index (χ0n) is 14.1. The third kappa shape index (κ3) is 3.68. The van der Waals surface area contributed by atoms with E-state index in [1.54, 1.807) is 30.5 Å². The van der Waals surface area contributed by atoms with Crippen molar-refractivity contribution in [3.05, 3.63) is 88.1 Å².